The smallest absolute Gasteiger partial charge is 0.111 e. The third-order valence-electron chi connectivity index (χ3n) is 9.08. The first-order chi connectivity index (χ1) is 19.2. The molecule has 1 rings (SSSR count). The number of hydrogen-bond donors (Lipinski definition) is 0. The molecule has 0 amide bonds. The van der Waals surface area contributed by atoms with E-state index in [0.29, 0.717) is 12.0 Å². The number of rotatable bonds is 30. The van der Waals surface area contributed by atoms with Gasteiger partial charge in [-0.15, -0.1) is 0 Å². The molecule has 0 fully saturated rings. The topological polar surface area (TPSA) is 17.8 Å². The van der Waals surface area contributed by atoms with Crippen LogP contribution in [0.2, 0.25) is 0 Å². The van der Waals surface area contributed by atoms with Crippen molar-refractivity contribution in [2.75, 3.05) is 0 Å². The van der Waals surface area contributed by atoms with E-state index in [4.69, 9.17) is 4.98 Å². The molecule has 0 aliphatic carbocycles. The van der Waals surface area contributed by atoms with Crippen molar-refractivity contribution >= 4 is 0 Å². The van der Waals surface area contributed by atoms with Gasteiger partial charge in [0.2, 0.25) is 0 Å². The van der Waals surface area contributed by atoms with Crippen LogP contribution < -0.4 is 0 Å². The van der Waals surface area contributed by atoms with Gasteiger partial charge < -0.3 is 4.57 Å². The third-order valence-corrected chi connectivity index (χ3v) is 9.08. The average molecular weight is 545 g/mol. The van der Waals surface area contributed by atoms with Gasteiger partial charge in [-0.2, -0.15) is 0 Å². The molecule has 230 valence electrons. The first-order valence-corrected chi connectivity index (χ1v) is 18.3. The van der Waals surface area contributed by atoms with Crippen LogP contribution in [0.1, 0.15) is 225 Å². The average Bonchev–Trinajstić information content (AvgIpc) is 3.44. The standard InChI is InChI=1S/C37H72N2/c1-5-8-11-14-16-18-19-20-21-23-26-29-32-36(31-28-24-13-10-7-3)37-38-33-34-39(37)35(4)30-27-25-22-17-15-12-9-6-2/h33-36H,5-32H2,1-4H3. The molecule has 1 heterocycles. The van der Waals surface area contributed by atoms with Crippen molar-refractivity contribution in [3.63, 3.8) is 0 Å². The molecule has 39 heavy (non-hydrogen) atoms. The molecule has 0 aliphatic rings. The van der Waals surface area contributed by atoms with Crippen molar-refractivity contribution in [1.29, 1.82) is 0 Å². The lowest BCUT2D eigenvalue weighted by Crippen LogP contribution is -2.13. The van der Waals surface area contributed by atoms with Crippen LogP contribution in [0.4, 0.5) is 0 Å². The van der Waals surface area contributed by atoms with E-state index in [1.165, 1.54) is 186 Å². The summed E-state index contributed by atoms with van der Waals surface area (Å²) in [6.07, 6.45) is 43.8. The summed E-state index contributed by atoms with van der Waals surface area (Å²) in [6.45, 7) is 9.38. The minimum atomic E-state index is 0.590. The molecule has 0 saturated heterocycles. The van der Waals surface area contributed by atoms with Crippen LogP contribution in [0.15, 0.2) is 12.4 Å². The normalized spacial score (nSPS) is 13.2. The first kappa shape index (κ1) is 36.2. The predicted molar refractivity (Wildman–Crippen MR) is 176 cm³/mol. The molecular formula is C37H72N2. The Kier molecular flexibility index (Phi) is 25.4. The summed E-state index contributed by atoms with van der Waals surface area (Å²) >= 11 is 0. The number of nitrogens with zero attached hydrogens (tertiary/aromatic N) is 2. The zero-order chi connectivity index (χ0) is 28.2. The maximum Gasteiger partial charge on any atom is 0.111 e. The van der Waals surface area contributed by atoms with Crippen molar-refractivity contribution in [3.8, 4) is 0 Å². The zero-order valence-electron chi connectivity index (χ0n) is 27.5. The molecule has 1 aromatic heterocycles. The lowest BCUT2D eigenvalue weighted by Gasteiger charge is -2.22. The maximum atomic E-state index is 4.98. The molecule has 0 aromatic carbocycles. The van der Waals surface area contributed by atoms with Crippen LogP contribution >= 0.6 is 0 Å². The van der Waals surface area contributed by atoms with Crippen LogP contribution in [0, 0.1) is 0 Å². The van der Waals surface area contributed by atoms with Gasteiger partial charge in [0.05, 0.1) is 0 Å². The molecule has 0 N–H and O–H groups in total. The zero-order valence-corrected chi connectivity index (χ0v) is 27.5. The monoisotopic (exact) mass is 545 g/mol. The van der Waals surface area contributed by atoms with E-state index >= 15 is 0 Å². The summed E-state index contributed by atoms with van der Waals surface area (Å²) in [4.78, 5) is 4.98. The summed E-state index contributed by atoms with van der Waals surface area (Å²) in [5, 5.41) is 0. The van der Waals surface area contributed by atoms with Gasteiger partial charge in [0, 0.05) is 24.4 Å². The van der Waals surface area contributed by atoms with Gasteiger partial charge in [-0.05, 0) is 26.2 Å². The number of aromatic nitrogens is 2. The molecule has 0 spiro atoms. The Balaban J connectivity index is 2.39. The van der Waals surface area contributed by atoms with E-state index in [-0.39, 0.29) is 0 Å². The summed E-state index contributed by atoms with van der Waals surface area (Å²) in [7, 11) is 0. The van der Waals surface area contributed by atoms with E-state index in [2.05, 4.69) is 44.7 Å². The Morgan fingerprint density at radius 1 is 0.487 bits per heavy atom. The highest BCUT2D eigenvalue weighted by Crippen LogP contribution is 2.30. The fourth-order valence-corrected chi connectivity index (χ4v) is 6.35. The fraction of sp³-hybridized carbons (Fsp3) is 0.919. The van der Waals surface area contributed by atoms with Gasteiger partial charge in [0.25, 0.3) is 0 Å². The van der Waals surface area contributed by atoms with Gasteiger partial charge >= 0.3 is 0 Å². The maximum absolute atomic E-state index is 4.98. The quantitative estimate of drug-likeness (QED) is 0.0880. The second-order valence-electron chi connectivity index (χ2n) is 12.9. The fourth-order valence-electron chi connectivity index (χ4n) is 6.35. The highest BCUT2D eigenvalue weighted by molar-refractivity contribution is 5.02. The minimum absolute atomic E-state index is 0.590. The second kappa shape index (κ2) is 27.4. The third kappa shape index (κ3) is 19.8. The molecule has 0 saturated carbocycles. The van der Waals surface area contributed by atoms with E-state index < -0.39 is 0 Å². The molecule has 1 aromatic rings. The number of unbranched alkanes of at least 4 members (excludes halogenated alkanes) is 22. The summed E-state index contributed by atoms with van der Waals surface area (Å²) < 4.78 is 2.57. The molecule has 0 bridgehead atoms. The summed E-state index contributed by atoms with van der Waals surface area (Å²) in [5.41, 5.74) is 0. The van der Waals surface area contributed by atoms with Crippen molar-refractivity contribution in [2.45, 2.75) is 219 Å². The number of imidazole rings is 1. The van der Waals surface area contributed by atoms with Crippen LogP contribution in [-0.4, -0.2) is 9.55 Å². The highest BCUT2D eigenvalue weighted by atomic mass is 15.1. The van der Waals surface area contributed by atoms with Crippen LogP contribution in [-0.2, 0) is 0 Å². The first-order valence-electron chi connectivity index (χ1n) is 18.3. The molecule has 2 nitrogen and oxygen atoms in total. The SMILES string of the molecule is CCCCCCCCCCCCCCC(CCCCCCC)c1nccn1C(C)CCCCCCCCCC. The van der Waals surface area contributed by atoms with Gasteiger partial charge in [0.1, 0.15) is 5.82 Å². The molecule has 2 atom stereocenters. The van der Waals surface area contributed by atoms with Crippen molar-refractivity contribution in [3.05, 3.63) is 18.2 Å². The molecule has 0 aliphatic heterocycles. The molecule has 2 heteroatoms. The summed E-state index contributed by atoms with van der Waals surface area (Å²) in [5.74, 6) is 2.06. The van der Waals surface area contributed by atoms with Crippen LogP contribution in [0.3, 0.4) is 0 Å². The Bertz CT molecular complexity index is 606. The van der Waals surface area contributed by atoms with Crippen molar-refractivity contribution in [2.24, 2.45) is 0 Å². The lowest BCUT2D eigenvalue weighted by atomic mass is 9.93. The van der Waals surface area contributed by atoms with Gasteiger partial charge in [-0.25, -0.2) is 4.98 Å². The van der Waals surface area contributed by atoms with Crippen molar-refractivity contribution < 1.29 is 0 Å². The van der Waals surface area contributed by atoms with E-state index in [1.807, 2.05) is 0 Å². The Morgan fingerprint density at radius 2 is 0.821 bits per heavy atom. The minimum Gasteiger partial charge on any atom is -0.332 e. The predicted octanol–water partition coefficient (Wildman–Crippen LogP) is 13.5. The molecule has 0 radical (unpaired) electrons. The Labute approximate surface area is 246 Å². The Hall–Kier alpha value is -0.790. The second-order valence-corrected chi connectivity index (χ2v) is 12.9. The van der Waals surface area contributed by atoms with Crippen molar-refractivity contribution in [1.82, 2.24) is 9.55 Å². The van der Waals surface area contributed by atoms with Crippen LogP contribution in [0.5, 0.6) is 0 Å². The van der Waals surface area contributed by atoms with Gasteiger partial charge in [0.15, 0.2) is 0 Å². The molecule has 2 unspecified atom stereocenters. The summed E-state index contributed by atoms with van der Waals surface area (Å²) in [6, 6.07) is 0.590. The van der Waals surface area contributed by atoms with E-state index in [1.54, 1.807) is 0 Å². The van der Waals surface area contributed by atoms with E-state index in [9.17, 15) is 0 Å². The highest BCUT2D eigenvalue weighted by Gasteiger charge is 2.19. The van der Waals surface area contributed by atoms with Gasteiger partial charge in [-0.3, -0.25) is 0 Å². The van der Waals surface area contributed by atoms with E-state index in [0.717, 1.165) is 0 Å². The largest absolute Gasteiger partial charge is 0.332 e. The van der Waals surface area contributed by atoms with Gasteiger partial charge in [-0.1, -0.05) is 181 Å². The van der Waals surface area contributed by atoms with Crippen LogP contribution in [0.25, 0.3) is 0 Å². The molecular weight excluding hydrogens is 472 g/mol. The lowest BCUT2D eigenvalue weighted by molar-refractivity contribution is 0.412. The number of hydrogen-bond acceptors (Lipinski definition) is 1. The Morgan fingerprint density at radius 3 is 1.21 bits per heavy atom.